The first kappa shape index (κ1) is 18.4. The minimum atomic E-state index is -0.949. The monoisotopic (exact) mass is 362 g/mol. The lowest BCUT2D eigenvalue weighted by Crippen LogP contribution is -2.05. The van der Waals surface area contributed by atoms with Gasteiger partial charge in [-0.15, -0.1) is 0 Å². The average Bonchev–Trinajstić information content (AvgIpc) is 2.58. The largest absolute Gasteiger partial charge is 0.478 e. The van der Waals surface area contributed by atoms with E-state index in [2.05, 4.69) is 53.5 Å². The zero-order valence-electron chi connectivity index (χ0n) is 15.8. The molecule has 1 heterocycles. The van der Waals surface area contributed by atoms with E-state index in [1.54, 1.807) is 24.3 Å². The average molecular weight is 362 g/mol. The van der Waals surface area contributed by atoms with Gasteiger partial charge in [0, 0.05) is 23.1 Å². The molecule has 0 spiro atoms. The number of benzene rings is 2. The number of nitrogens with zero attached hydrogens (tertiary/aromatic N) is 2. The van der Waals surface area contributed by atoms with Crippen molar-refractivity contribution in [3.05, 3.63) is 70.4 Å². The number of nitrogens with one attached hydrogen (secondary N) is 2. The van der Waals surface area contributed by atoms with Crippen LogP contribution in [0.1, 0.15) is 32.7 Å². The second kappa shape index (κ2) is 7.45. The standard InChI is InChI=1S/C21H22N4O2/c1-12-9-13(2)19(14(3)10-12)25-21-22-15(4)11-18(24-21)23-17-7-5-16(6-8-17)20(26)27/h5-11H,1-4H3,(H,26,27)(H2,22,23,24,25). The Hall–Kier alpha value is -3.41. The molecule has 3 aromatic rings. The lowest BCUT2D eigenvalue weighted by Gasteiger charge is -2.14. The van der Waals surface area contributed by atoms with E-state index in [9.17, 15) is 4.79 Å². The van der Waals surface area contributed by atoms with Crippen LogP contribution in [0.5, 0.6) is 0 Å². The van der Waals surface area contributed by atoms with Crippen LogP contribution in [-0.2, 0) is 0 Å². The highest BCUT2D eigenvalue weighted by atomic mass is 16.4. The predicted molar refractivity (Wildman–Crippen MR) is 107 cm³/mol. The van der Waals surface area contributed by atoms with Crippen molar-refractivity contribution in [2.75, 3.05) is 10.6 Å². The van der Waals surface area contributed by atoms with E-state index in [-0.39, 0.29) is 5.56 Å². The third-order valence-electron chi connectivity index (χ3n) is 4.17. The second-order valence-corrected chi connectivity index (χ2v) is 6.62. The fourth-order valence-corrected chi connectivity index (χ4v) is 3.02. The van der Waals surface area contributed by atoms with Crippen molar-refractivity contribution in [3.8, 4) is 0 Å². The Balaban J connectivity index is 1.85. The Morgan fingerprint density at radius 3 is 2.11 bits per heavy atom. The quantitative estimate of drug-likeness (QED) is 0.599. The van der Waals surface area contributed by atoms with Gasteiger partial charge in [-0.2, -0.15) is 4.98 Å². The van der Waals surface area contributed by atoms with Gasteiger partial charge in [-0.25, -0.2) is 9.78 Å². The van der Waals surface area contributed by atoms with Crippen molar-refractivity contribution in [1.29, 1.82) is 0 Å². The smallest absolute Gasteiger partial charge is 0.335 e. The first-order valence-corrected chi connectivity index (χ1v) is 8.63. The highest BCUT2D eigenvalue weighted by Gasteiger charge is 2.09. The molecule has 6 heteroatoms. The van der Waals surface area contributed by atoms with Gasteiger partial charge in [0.2, 0.25) is 5.95 Å². The van der Waals surface area contributed by atoms with Crippen molar-refractivity contribution in [1.82, 2.24) is 9.97 Å². The molecule has 0 aliphatic heterocycles. The van der Waals surface area contributed by atoms with Crippen molar-refractivity contribution < 1.29 is 9.90 Å². The molecule has 0 atom stereocenters. The molecule has 27 heavy (non-hydrogen) atoms. The fraction of sp³-hybridized carbons (Fsp3) is 0.190. The van der Waals surface area contributed by atoms with Crippen molar-refractivity contribution in [2.45, 2.75) is 27.7 Å². The highest BCUT2D eigenvalue weighted by Crippen LogP contribution is 2.25. The van der Waals surface area contributed by atoms with Gasteiger partial charge in [0.25, 0.3) is 0 Å². The molecule has 0 fully saturated rings. The van der Waals surface area contributed by atoms with Gasteiger partial charge in [-0.05, 0) is 63.1 Å². The van der Waals surface area contributed by atoms with Crippen LogP contribution in [0.15, 0.2) is 42.5 Å². The summed E-state index contributed by atoms with van der Waals surface area (Å²) in [6.45, 7) is 8.09. The normalized spacial score (nSPS) is 10.5. The Bertz CT molecular complexity index is 975. The van der Waals surface area contributed by atoms with Crippen LogP contribution in [0.4, 0.5) is 23.1 Å². The highest BCUT2D eigenvalue weighted by molar-refractivity contribution is 5.88. The number of hydrogen-bond acceptors (Lipinski definition) is 5. The molecule has 0 saturated carbocycles. The van der Waals surface area contributed by atoms with Crippen molar-refractivity contribution in [2.24, 2.45) is 0 Å². The summed E-state index contributed by atoms with van der Waals surface area (Å²) in [5, 5.41) is 15.5. The zero-order chi connectivity index (χ0) is 19.6. The Kier molecular flexibility index (Phi) is 5.07. The first-order valence-electron chi connectivity index (χ1n) is 8.63. The van der Waals surface area contributed by atoms with Crippen LogP contribution in [0.25, 0.3) is 0 Å². The van der Waals surface area contributed by atoms with Gasteiger partial charge in [-0.3, -0.25) is 0 Å². The number of carboxylic acids is 1. The van der Waals surface area contributed by atoms with Gasteiger partial charge in [0.15, 0.2) is 0 Å². The van der Waals surface area contributed by atoms with Gasteiger partial charge >= 0.3 is 5.97 Å². The molecule has 2 aromatic carbocycles. The van der Waals surface area contributed by atoms with E-state index in [4.69, 9.17) is 5.11 Å². The summed E-state index contributed by atoms with van der Waals surface area (Å²) in [7, 11) is 0. The van der Waals surface area contributed by atoms with Crippen molar-refractivity contribution >= 4 is 29.1 Å². The third-order valence-corrected chi connectivity index (χ3v) is 4.17. The summed E-state index contributed by atoms with van der Waals surface area (Å²) in [6, 6.07) is 12.6. The molecule has 3 rings (SSSR count). The lowest BCUT2D eigenvalue weighted by molar-refractivity contribution is 0.0697. The van der Waals surface area contributed by atoms with E-state index in [1.165, 1.54) is 5.56 Å². The minimum absolute atomic E-state index is 0.243. The first-order chi connectivity index (χ1) is 12.8. The molecule has 0 bridgehead atoms. The predicted octanol–water partition coefficient (Wildman–Crippen LogP) is 4.90. The van der Waals surface area contributed by atoms with Gasteiger partial charge in [0.05, 0.1) is 5.56 Å². The second-order valence-electron chi connectivity index (χ2n) is 6.62. The summed E-state index contributed by atoms with van der Waals surface area (Å²) < 4.78 is 0. The van der Waals surface area contributed by atoms with Crippen LogP contribution >= 0.6 is 0 Å². The number of carbonyl (C=O) groups is 1. The number of aromatic nitrogens is 2. The van der Waals surface area contributed by atoms with E-state index in [0.29, 0.717) is 11.8 Å². The van der Waals surface area contributed by atoms with E-state index < -0.39 is 5.97 Å². The molecule has 138 valence electrons. The molecule has 0 radical (unpaired) electrons. The molecule has 0 unspecified atom stereocenters. The summed E-state index contributed by atoms with van der Waals surface area (Å²) >= 11 is 0. The van der Waals surface area contributed by atoms with Crippen LogP contribution < -0.4 is 10.6 Å². The van der Waals surface area contributed by atoms with E-state index >= 15 is 0 Å². The maximum Gasteiger partial charge on any atom is 0.335 e. The molecule has 0 saturated heterocycles. The molecule has 6 nitrogen and oxygen atoms in total. The molecule has 1 aromatic heterocycles. The van der Waals surface area contributed by atoms with Crippen LogP contribution in [-0.4, -0.2) is 21.0 Å². The maximum absolute atomic E-state index is 11.0. The molecular formula is C21H22N4O2. The number of rotatable bonds is 5. The van der Waals surface area contributed by atoms with Crippen LogP contribution in [0, 0.1) is 27.7 Å². The molecule has 0 amide bonds. The van der Waals surface area contributed by atoms with Crippen molar-refractivity contribution in [3.63, 3.8) is 0 Å². The van der Waals surface area contributed by atoms with E-state index in [1.807, 2.05) is 13.0 Å². The Morgan fingerprint density at radius 2 is 1.52 bits per heavy atom. The Morgan fingerprint density at radius 1 is 0.889 bits per heavy atom. The zero-order valence-corrected chi connectivity index (χ0v) is 15.8. The third kappa shape index (κ3) is 4.41. The van der Waals surface area contributed by atoms with Crippen LogP contribution in [0.2, 0.25) is 0 Å². The molecule has 0 aliphatic carbocycles. The maximum atomic E-state index is 11.0. The summed E-state index contributed by atoms with van der Waals surface area (Å²) in [4.78, 5) is 20.0. The molecule has 0 aliphatic rings. The summed E-state index contributed by atoms with van der Waals surface area (Å²) in [6.07, 6.45) is 0. The number of aryl methyl sites for hydroxylation is 4. The van der Waals surface area contributed by atoms with Gasteiger partial charge < -0.3 is 15.7 Å². The van der Waals surface area contributed by atoms with Crippen LogP contribution in [0.3, 0.4) is 0 Å². The number of hydrogen-bond donors (Lipinski definition) is 3. The topological polar surface area (TPSA) is 87.1 Å². The minimum Gasteiger partial charge on any atom is -0.478 e. The number of carboxylic acid groups (broad SMARTS) is 1. The number of aromatic carboxylic acids is 1. The molecule has 3 N–H and O–H groups in total. The fourth-order valence-electron chi connectivity index (χ4n) is 3.02. The lowest BCUT2D eigenvalue weighted by atomic mass is 10.1. The van der Waals surface area contributed by atoms with Gasteiger partial charge in [0.1, 0.15) is 5.82 Å². The molecular weight excluding hydrogens is 340 g/mol. The summed E-state index contributed by atoms with van der Waals surface area (Å²) in [5.41, 5.74) is 6.31. The SMILES string of the molecule is Cc1cc(C)c(Nc2nc(C)cc(Nc3ccc(C(=O)O)cc3)n2)c(C)c1. The van der Waals surface area contributed by atoms with E-state index in [0.717, 1.165) is 28.2 Å². The Labute approximate surface area is 158 Å². The number of anilines is 4. The summed E-state index contributed by atoms with van der Waals surface area (Å²) in [5.74, 6) is 0.194. The van der Waals surface area contributed by atoms with Gasteiger partial charge in [-0.1, -0.05) is 17.7 Å².